The van der Waals surface area contributed by atoms with Gasteiger partial charge in [-0.3, -0.25) is 9.59 Å². The van der Waals surface area contributed by atoms with Gasteiger partial charge in [-0.05, 0) is 12.1 Å². The predicted molar refractivity (Wildman–Crippen MR) is 67.6 cm³/mol. The number of nitrogens with zero attached hydrogens (tertiary/aromatic N) is 1. The minimum absolute atomic E-state index is 0.0132. The maximum Gasteiger partial charge on any atom is 0.308 e. The lowest BCUT2D eigenvalue weighted by atomic mass is 10.1. The Bertz CT molecular complexity index is 507. The van der Waals surface area contributed by atoms with Crippen molar-refractivity contribution in [2.45, 2.75) is 13.3 Å². The van der Waals surface area contributed by atoms with E-state index in [2.05, 4.69) is 0 Å². The van der Waals surface area contributed by atoms with Crippen LogP contribution >= 0.6 is 0 Å². The summed E-state index contributed by atoms with van der Waals surface area (Å²) < 4.78 is 26.6. The molecular weight excluding hydrogens is 272 g/mol. The Labute approximate surface area is 114 Å². The fourth-order valence-corrected chi connectivity index (χ4v) is 1.69. The maximum absolute atomic E-state index is 13.7. The normalized spacial score (nSPS) is 11.9. The molecule has 1 rings (SSSR count). The monoisotopic (exact) mass is 287 g/mol. The number of carbonyl (C=O) groups is 2. The molecule has 0 saturated heterocycles. The van der Waals surface area contributed by atoms with Crippen LogP contribution in [0.2, 0.25) is 0 Å². The quantitative estimate of drug-likeness (QED) is 0.801. The summed E-state index contributed by atoms with van der Waals surface area (Å²) >= 11 is 0. The summed E-state index contributed by atoms with van der Waals surface area (Å²) in [6, 6.07) is 2.88. The third-order valence-electron chi connectivity index (χ3n) is 2.76. The summed E-state index contributed by atoms with van der Waals surface area (Å²) in [7, 11) is 0. The highest BCUT2D eigenvalue weighted by molar-refractivity contribution is 5.71. The van der Waals surface area contributed by atoms with E-state index in [0.29, 0.717) is 6.07 Å². The van der Waals surface area contributed by atoms with Gasteiger partial charge >= 0.3 is 11.9 Å². The Balaban J connectivity index is 2.96. The predicted octanol–water partition coefficient (Wildman–Crippen LogP) is 1.97. The molecule has 0 radical (unpaired) electrons. The van der Waals surface area contributed by atoms with Crippen molar-refractivity contribution in [2.75, 3.05) is 18.0 Å². The first-order chi connectivity index (χ1) is 9.31. The van der Waals surface area contributed by atoms with Gasteiger partial charge in [0.05, 0.1) is 18.0 Å². The minimum atomic E-state index is -1.08. The second kappa shape index (κ2) is 6.83. The zero-order chi connectivity index (χ0) is 15.3. The van der Waals surface area contributed by atoms with E-state index in [9.17, 15) is 18.4 Å². The highest BCUT2D eigenvalue weighted by Gasteiger charge is 2.20. The van der Waals surface area contributed by atoms with E-state index in [1.165, 1.54) is 17.9 Å². The van der Waals surface area contributed by atoms with Crippen LogP contribution < -0.4 is 4.90 Å². The van der Waals surface area contributed by atoms with Crippen LogP contribution in [0, 0.1) is 17.6 Å². The molecule has 1 aromatic rings. The van der Waals surface area contributed by atoms with Crippen LogP contribution in [0.15, 0.2) is 18.2 Å². The standard InChI is InChI=1S/C13H15F2NO4/c1-8(13(19)20)7-16(5-4-12(17)18)11-3-2-9(14)6-10(11)15/h2-3,6,8H,4-5,7H2,1H3,(H,17,18)(H,19,20). The van der Waals surface area contributed by atoms with Crippen molar-refractivity contribution in [2.24, 2.45) is 5.92 Å². The van der Waals surface area contributed by atoms with Crippen LogP contribution in [0.5, 0.6) is 0 Å². The van der Waals surface area contributed by atoms with Gasteiger partial charge in [0.2, 0.25) is 0 Å². The van der Waals surface area contributed by atoms with Gasteiger partial charge < -0.3 is 15.1 Å². The van der Waals surface area contributed by atoms with E-state index >= 15 is 0 Å². The highest BCUT2D eigenvalue weighted by Crippen LogP contribution is 2.21. The molecule has 0 saturated carbocycles. The minimum Gasteiger partial charge on any atom is -0.481 e. The van der Waals surface area contributed by atoms with Crippen LogP contribution in [0.25, 0.3) is 0 Å². The molecule has 0 aromatic heterocycles. The summed E-state index contributed by atoms with van der Waals surface area (Å²) in [6.07, 6.45) is -0.275. The molecule has 2 N–H and O–H groups in total. The largest absolute Gasteiger partial charge is 0.481 e. The lowest BCUT2D eigenvalue weighted by Gasteiger charge is -2.26. The van der Waals surface area contributed by atoms with E-state index in [-0.39, 0.29) is 25.2 Å². The fraction of sp³-hybridized carbons (Fsp3) is 0.385. The smallest absolute Gasteiger partial charge is 0.308 e. The van der Waals surface area contributed by atoms with Crippen LogP contribution in [0.4, 0.5) is 14.5 Å². The third kappa shape index (κ3) is 4.49. The second-order valence-corrected chi connectivity index (χ2v) is 4.42. The Kier molecular flexibility index (Phi) is 5.42. The Morgan fingerprint density at radius 2 is 1.95 bits per heavy atom. The molecule has 1 unspecified atom stereocenters. The van der Waals surface area contributed by atoms with Gasteiger partial charge in [-0.2, -0.15) is 0 Å². The average Bonchev–Trinajstić information content (AvgIpc) is 2.34. The highest BCUT2D eigenvalue weighted by atomic mass is 19.1. The Hall–Kier alpha value is -2.18. The number of anilines is 1. The maximum atomic E-state index is 13.7. The van der Waals surface area contributed by atoms with Gasteiger partial charge in [-0.1, -0.05) is 6.92 Å². The van der Waals surface area contributed by atoms with Crippen molar-refractivity contribution in [1.82, 2.24) is 0 Å². The van der Waals surface area contributed by atoms with Crippen molar-refractivity contribution in [3.05, 3.63) is 29.8 Å². The van der Waals surface area contributed by atoms with E-state index in [1.807, 2.05) is 0 Å². The third-order valence-corrected chi connectivity index (χ3v) is 2.76. The summed E-state index contributed by atoms with van der Waals surface area (Å²) in [5.74, 6) is -4.58. The van der Waals surface area contributed by atoms with Crippen molar-refractivity contribution in [1.29, 1.82) is 0 Å². The molecule has 20 heavy (non-hydrogen) atoms. The Morgan fingerprint density at radius 1 is 1.30 bits per heavy atom. The van der Waals surface area contributed by atoms with Crippen LogP contribution in [-0.4, -0.2) is 35.2 Å². The molecule has 0 heterocycles. The molecule has 0 fully saturated rings. The average molecular weight is 287 g/mol. The number of carboxylic acids is 2. The number of benzene rings is 1. The Morgan fingerprint density at radius 3 is 2.45 bits per heavy atom. The molecule has 7 heteroatoms. The van der Waals surface area contributed by atoms with Crippen molar-refractivity contribution in [3.63, 3.8) is 0 Å². The number of rotatable bonds is 7. The first-order valence-electron chi connectivity index (χ1n) is 5.96. The summed E-state index contributed by atoms with van der Waals surface area (Å²) in [5, 5.41) is 17.5. The van der Waals surface area contributed by atoms with Crippen LogP contribution in [0.3, 0.4) is 0 Å². The second-order valence-electron chi connectivity index (χ2n) is 4.42. The van der Waals surface area contributed by atoms with E-state index < -0.39 is 29.5 Å². The van der Waals surface area contributed by atoms with Gasteiger partial charge in [0.15, 0.2) is 0 Å². The molecule has 0 bridgehead atoms. The van der Waals surface area contributed by atoms with Crippen molar-refractivity contribution < 1.29 is 28.6 Å². The fourth-order valence-electron chi connectivity index (χ4n) is 1.69. The van der Waals surface area contributed by atoms with Gasteiger partial charge in [0.1, 0.15) is 11.6 Å². The molecule has 1 atom stereocenters. The number of hydrogen-bond donors (Lipinski definition) is 2. The zero-order valence-electron chi connectivity index (χ0n) is 10.8. The summed E-state index contributed by atoms with van der Waals surface area (Å²) in [4.78, 5) is 22.7. The van der Waals surface area contributed by atoms with E-state index in [1.54, 1.807) is 0 Å². The lowest BCUT2D eigenvalue weighted by Crippen LogP contribution is -2.34. The van der Waals surface area contributed by atoms with E-state index in [0.717, 1.165) is 6.07 Å². The number of hydrogen-bond acceptors (Lipinski definition) is 3. The topological polar surface area (TPSA) is 77.8 Å². The van der Waals surface area contributed by atoms with Crippen LogP contribution in [0.1, 0.15) is 13.3 Å². The number of carboxylic acid groups (broad SMARTS) is 2. The molecule has 0 spiro atoms. The molecule has 110 valence electrons. The van der Waals surface area contributed by atoms with Gasteiger partial charge in [0.25, 0.3) is 0 Å². The first-order valence-corrected chi connectivity index (χ1v) is 5.96. The summed E-state index contributed by atoms with van der Waals surface area (Å²) in [5.41, 5.74) is -0.0132. The SMILES string of the molecule is CC(CN(CCC(=O)O)c1ccc(F)cc1F)C(=O)O. The number of halogens is 2. The molecule has 0 aliphatic carbocycles. The molecule has 1 aromatic carbocycles. The zero-order valence-corrected chi connectivity index (χ0v) is 10.8. The van der Waals surface area contributed by atoms with Crippen molar-refractivity contribution >= 4 is 17.6 Å². The number of aliphatic carboxylic acids is 2. The lowest BCUT2D eigenvalue weighted by molar-refractivity contribution is -0.140. The molecule has 0 amide bonds. The van der Waals surface area contributed by atoms with Crippen LogP contribution in [-0.2, 0) is 9.59 Å². The molecule has 0 aliphatic rings. The molecular formula is C13H15F2NO4. The molecule has 5 nitrogen and oxygen atoms in total. The van der Waals surface area contributed by atoms with Gasteiger partial charge in [-0.15, -0.1) is 0 Å². The van der Waals surface area contributed by atoms with Gasteiger partial charge in [-0.25, -0.2) is 8.78 Å². The van der Waals surface area contributed by atoms with Crippen molar-refractivity contribution in [3.8, 4) is 0 Å². The van der Waals surface area contributed by atoms with Gasteiger partial charge in [0, 0.05) is 19.2 Å². The first kappa shape index (κ1) is 15.9. The molecule has 0 aliphatic heterocycles. The van der Waals surface area contributed by atoms with E-state index in [4.69, 9.17) is 10.2 Å². The summed E-state index contributed by atoms with van der Waals surface area (Å²) in [6.45, 7) is 1.30.